The Morgan fingerprint density at radius 3 is 2.59 bits per heavy atom. The minimum Gasteiger partial charge on any atom is -0.492 e. The van der Waals surface area contributed by atoms with Crippen molar-refractivity contribution in [2.75, 3.05) is 52.6 Å². The number of alkyl carbamates (subject to hydrolysis) is 1. The number of amides is 4. The number of rotatable bonds is 9. The van der Waals surface area contributed by atoms with Crippen LogP contribution < -0.4 is 24.8 Å². The van der Waals surface area contributed by atoms with Crippen molar-refractivity contribution in [3.63, 3.8) is 0 Å². The van der Waals surface area contributed by atoms with Crippen molar-refractivity contribution in [1.82, 2.24) is 30.1 Å². The number of morpholine rings is 1. The Bertz CT molecular complexity index is 2380. The first kappa shape index (κ1) is 45.6. The van der Waals surface area contributed by atoms with Crippen LogP contribution in [-0.2, 0) is 40.3 Å². The highest BCUT2D eigenvalue weighted by molar-refractivity contribution is 7.91. The molecule has 17 heteroatoms. The molecule has 2 saturated heterocycles. The maximum atomic E-state index is 14.9. The first-order chi connectivity index (χ1) is 30.4. The highest BCUT2D eigenvalue weighted by Crippen LogP contribution is 2.46. The van der Waals surface area contributed by atoms with Crippen LogP contribution >= 0.6 is 0 Å². The number of fused-ring (bicyclic) bond motifs is 5. The molecule has 1 spiro atoms. The van der Waals surface area contributed by atoms with Gasteiger partial charge in [-0.15, -0.1) is 0 Å². The van der Waals surface area contributed by atoms with Gasteiger partial charge in [-0.25, -0.2) is 22.9 Å². The summed E-state index contributed by atoms with van der Waals surface area (Å²) < 4.78 is 52.1. The standard InChI is InChI=1S/C47H62N6O10S/c1-31-39-34(35-27-33(13-14-36(35)48-31)61-26-23-52-21-24-60-25-22-52)16-17-46(63-39)28-38-40(54)50-47(42(56)51-64(58,59)45(5)19-20-45)18-15-32(47)11-9-7-6-8-10-12-37(41(55)53(38)29-46)49-43(57)62-30-44(2,3)4/h9,11,13-14,27,32,37-38H,6-8,10,12,16-17,19-26,28-30H2,1-5H3,(H,49,57)(H,50,54)(H,51,56)/b11-9-/t32-,37+,38+,46-,47-/m1/s1. The van der Waals surface area contributed by atoms with Crippen molar-refractivity contribution in [1.29, 1.82) is 0 Å². The van der Waals surface area contributed by atoms with E-state index in [1.807, 2.05) is 52.0 Å². The van der Waals surface area contributed by atoms with Crippen molar-refractivity contribution in [3.8, 4) is 23.3 Å². The SMILES string of the molecule is Cc1nc2ccc(OCCN3CCOCC3)cc2c2c1O[C@]1(CC2)C[C@H]2C(=O)N[C@]3(C(=O)NS(=O)(=O)C4(C)CC4)C#C[C@H]3/C=C\CCCCC[C@H](NC(=O)OCC(C)(C)C)C(=O)N2C1. The van der Waals surface area contributed by atoms with Gasteiger partial charge in [-0.2, -0.15) is 0 Å². The zero-order valence-corrected chi connectivity index (χ0v) is 38.5. The summed E-state index contributed by atoms with van der Waals surface area (Å²) in [6.07, 6.45) is 7.76. The summed E-state index contributed by atoms with van der Waals surface area (Å²) in [5, 5.41) is 6.57. The van der Waals surface area contributed by atoms with E-state index in [0.717, 1.165) is 48.9 Å². The number of ether oxygens (including phenoxy) is 4. The molecule has 0 bridgehead atoms. The first-order valence-corrected chi connectivity index (χ1v) is 24.3. The zero-order valence-electron chi connectivity index (χ0n) is 37.7. The van der Waals surface area contributed by atoms with Gasteiger partial charge < -0.3 is 34.5 Å². The lowest BCUT2D eigenvalue weighted by molar-refractivity contribution is -0.142. The molecule has 4 amide bonds. The van der Waals surface area contributed by atoms with Gasteiger partial charge in [0, 0.05) is 37.0 Å². The van der Waals surface area contributed by atoms with Crippen LogP contribution in [0.2, 0.25) is 0 Å². The molecule has 4 aliphatic heterocycles. The molecule has 346 valence electrons. The second-order valence-electron chi connectivity index (χ2n) is 19.8. The maximum Gasteiger partial charge on any atom is 0.407 e. The van der Waals surface area contributed by atoms with E-state index in [1.54, 1.807) is 13.0 Å². The van der Waals surface area contributed by atoms with E-state index >= 15 is 0 Å². The zero-order chi connectivity index (χ0) is 45.5. The largest absolute Gasteiger partial charge is 0.492 e. The number of allylic oxidation sites excluding steroid dienone is 1. The lowest BCUT2D eigenvalue weighted by Gasteiger charge is -2.38. The summed E-state index contributed by atoms with van der Waals surface area (Å²) in [6, 6.07) is 3.65. The molecule has 64 heavy (non-hydrogen) atoms. The minimum atomic E-state index is -4.09. The van der Waals surface area contributed by atoms with Gasteiger partial charge in [0.1, 0.15) is 35.8 Å². The van der Waals surface area contributed by atoms with E-state index in [1.165, 1.54) is 4.90 Å². The predicted molar refractivity (Wildman–Crippen MR) is 238 cm³/mol. The molecule has 0 radical (unpaired) electrons. The van der Waals surface area contributed by atoms with E-state index in [9.17, 15) is 27.6 Å². The number of nitrogens with zero attached hydrogens (tertiary/aromatic N) is 3. The molecule has 1 aromatic carbocycles. The molecule has 3 N–H and O–H groups in total. The Morgan fingerprint density at radius 1 is 1.09 bits per heavy atom. The van der Waals surface area contributed by atoms with Crippen molar-refractivity contribution >= 4 is 44.7 Å². The number of hydrogen-bond donors (Lipinski definition) is 3. The van der Waals surface area contributed by atoms with Gasteiger partial charge in [0.15, 0.2) is 5.54 Å². The summed E-state index contributed by atoms with van der Waals surface area (Å²) in [5.41, 5.74) is -0.871. The van der Waals surface area contributed by atoms with Gasteiger partial charge in [0.05, 0.1) is 48.2 Å². The fourth-order valence-electron chi connectivity index (χ4n) is 9.15. The fourth-order valence-corrected chi connectivity index (χ4v) is 10.4. The Morgan fingerprint density at radius 2 is 1.88 bits per heavy atom. The molecule has 2 aromatic rings. The van der Waals surface area contributed by atoms with Crippen LogP contribution in [0.4, 0.5) is 4.79 Å². The lowest BCUT2D eigenvalue weighted by atomic mass is 9.75. The van der Waals surface area contributed by atoms with Gasteiger partial charge in [0.2, 0.25) is 21.8 Å². The van der Waals surface area contributed by atoms with Crippen LogP contribution in [0, 0.1) is 30.1 Å². The third kappa shape index (κ3) is 9.55. The van der Waals surface area contributed by atoms with Crippen molar-refractivity contribution in [2.45, 2.75) is 127 Å². The molecule has 5 heterocycles. The summed E-state index contributed by atoms with van der Waals surface area (Å²) in [7, 11) is -4.09. The molecule has 1 saturated carbocycles. The second-order valence-corrected chi connectivity index (χ2v) is 22.0. The van der Waals surface area contributed by atoms with E-state index < -0.39 is 67.7 Å². The van der Waals surface area contributed by atoms with Crippen molar-refractivity contribution < 1.29 is 46.5 Å². The number of carbonyl (C=O) groups excluding carboxylic acids is 4. The molecule has 2 aliphatic carbocycles. The van der Waals surface area contributed by atoms with Crippen LogP contribution in [-0.4, -0.2) is 128 Å². The number of nitrogens with one attached hydrogen (secondary N) is 3. The molecule has 5 atom stereocenters. The molecule has 0 unspecified atom stereocenters. The average Bonchev–Trinajstić information content (AvgIpc) is 3.92. The third-order valence-electron chi connectivity index (χ3n) is 13.4. The lowest BCUT2D eigenvalue weighted by Crippen LogP contribution is -2.68. The summed E-state index contributed by atoms with van der Waals surface area (Å²) >= 11 is 0. The summed E-state index contributed by atoms with van der Waals surface area (Å²) in [4.78, 5) is 65.9. The van der Waals surface area contributed by atoms with Crippen LogP contribution in [0.25, 0.3) is 10.9 Å². The van der Waals surface area contributed by atoms with E-state index in [0.29, 0.717) is 82.0 Å². The molecular weight excluding hydrogens is 841 g/mol. The third-order valence-corrected chi connectivity index (χ3v) is 15.6. The molecule has 8 rings (SSSR count). The summed E-state index contributed by atoms with van der Waals surface area (Å²) in [5.74, 6) is 4.15. The monoisotopic (exact) mass is 902 g/mol. The first-order valence-electron chi connectivity index (χ1n) is 22.8. The molecule has 16 nitrogen and oxygen atoms in total. The second kappa shape index (κ2) is 17.8. The molecule has 3 fully saturated rings. The van der Waals surface area contributed by atoms with Crippen LogP contribution in [0.15, 0.2) is 30.4 Å². The van der Waals surface area contributed by atoms with E-state index in [2.05, 4.69) is 32.1 Å². The number of carbonyl (C=O) groups is 4. The predicted octanol–water partition coefficient (Wildman–Crippen LogP) is 4.07. The smallest absolute Gasteiger partial charge is 0.407 e. The van der Waals surface area contributed by atoms with Gasteiger partial charge >= 0.3 is 6.09 Å². The molecular formula is C47H62N6O10S. The van der Waals surface area contributed by atoms with Gasteiger partial charge in [0.25, 0.3) is 5.91 Å². The Balaban J connectivity index is 1.10. The normalized spacial score (nSPS) is 28.6. The van der Waals surface area contributed by atoms with Gasteiger partial charge in [-0.3, -0.25) is 19.3 Å². The van der Waals surface area contributed by atoms with Gasteiger partial charge in [-0.05, 0) is 82.4 Å². The molecule has 1 aromatic heterocycles. The average molecular weight is 903 g/mol. The Labute approximate surface area is 376 Å². The molecule has 6 aliphatic rings. The Hall–Kier alpha value is -4.92. The highest BCUT2D eigenvalue weighted by Gasteiger charge is 2.58. The van der Waals surface area contributed by atoms with Crippen LogP contribution in [0.5, 0.6) is 11.5 Å². The maximum absolute atomic E-state index is 14.9. The van der Waals surface area contributed by atoms with Crippen LogP contribution in [0.3, 0.4) is 0 Å². The number of benzene rings is 1. The number of aromatic nitrogens is 1. The fraction of sp³-hybridized carbons (Fsp3) is 0.638. The number of hydrogen-bond acceptors (Lipinski definition) is 12. The van der Waals surface area contributed by atoms with Crippen LogP contribution in [0.1, 0.15) is 96.7 Å². The van der Waals surface area contributed by atoms with Crippen molar-refractivity contribution in [3.05, 3.63) is 41.6 Å². The quantitative estimate of drug-likeness (QED) is 0.242. The van der Waals surface area contributed by atoms with E-state index in [4.69, 9.17) is 23.9 Å². The number of sulfonamides is 1. The highest BCUT2D eigenvalue weighted by atomic mass is 32.2. The van der Waals surface area contributed by atoms with Gasteiger partial charge in [-0.1, -0.05) is 57.6 Å². The van der Waals surface area contributed by atoms with Crippen molar-refractivity contribution in [2.24, 2.45) is 11.3 Å². The topological polar surface area (TPSA) is 195 Å². The van der Waals surface area contributed by atoms with E-state index in [-0.39, 0.29) is 25.0 Å². The number of pyridine rings is 1. The minimum absolute atomic E-state index is 0.00167. The Kier molecular flexibility index (Phi) is 12.7. The summed E-state index contributed by atoms with van der Waals surface area (Å²) in [6.45, 7) is 13.9. The number of aryl methyl sites for hydroxylation is 2.